The van der Waals surface area contributed by atoms with E-state index in [9.17, 15) is 9.59 Å². The monoisotopic (exact) mass is 289 g/mol. The molecule has 1 heterocycles. The second-order valence-electron chi connectivity index (χ2n) is 5.55. The van der Waals surface area contributed by atoms with Gasteiger partial charge >= 0.3 is 0 Å². The minimum Gasteiger partial charge on any atom is -0.353 e. The Balaban J connectivity index is 0.00000180. The van der Waals surface area contributed by atoms with Crippen LogP contribution in [0.5, 0.6) is 0 Å². The van der Waals surface area contributed by atoms with Crippen LogP contribution in [0.25, 0.3) is 0 Å². The van der Waals surface area contributed by atoms with Gasteiger partial charge < -0.3 is 16.0 Å². The van der Waals surface area contributed by atoms with Crippen LogP contribution in [-0.4, -0.2) is 42.9 Å². The van der Waals surface area contributed by atoms with Crippen molar-refractivity contribution in [2.75, 3.05) is 20.1 Å². The highest BCUT2D eigenvalue weighted by molar-refractivity contribution is 5.87. The predicted octanol–water partition coefficient (Wildman–Crippen LogP) is 0.520. The maximum Gasteiger partial charge on any atom is 0.223 e. The van der Waals surface area contributed by atoms with E-state index in [-0.39, 0.29) is 36.2 Å². The maximum atomic E-state index is 12.1. The lowest BCUT2D eigenvalue weighted by molar-refractivity contribution is -0.139. The topological polar surface area (TPSA) is 75.4 Å². The third kappa shape index (κ3) is 3.83. The summed E-state index contributed by atoms with van der Waals surface area (Å²) >= 11 is 0. The van der Waals surface area contributed by atoms with E-state index >= 15 is 0 Å². The van der Waals surface area contributed by atoms with E-state index in [4.69, 9.17) is 5.73 Å². The number of hydrogen-bond acceptors (Lipinski definition) is 3. The molecule has 110 valence electrons. The Morgan fingerprint density at radius 2 is 2.16 bits per heavy atom. The molecule has 0 radical (unpaired) electrons. The Hall–Kier alpha value is -0.810. The van der Waals surface area contributed by atoms with Gasteiger partial charge in [0.2, 0.25) is 11.8 Å². The van der Waals surface area contributed by atoms with Crippen LogP contribution in [0.2, 0.25) is 0 Å². The quantitative estimate of drug-likeness (QED) is 0.795. The van der Waals surface area contributed by atoms with Gasteiger partial charge in [-0.15, -0.1) is 12.4 Å². The summed E-state index contributed by atoms with van der Waals surface area (Å²) < 4.78 is 0. The minimum absolute atomic E-state index is 0. The Bertz CT molecular complexity index is 338. The number of nitrogens with zero attached hydrogens (tertiary/aromatic N) is 1. The van der Waals surface area contributed by atoms with Gasteiger partial charge in [-0.3, -0.25) is 9.59 Å². The Kier molecular flexibility index (Phi) is 6.07. The summed E-state index contributed by atoms with van der Waals surface area (Å²) in [7, 11) is 1.79. The molecule has 0 aromatic heterocycles. The van der Waals surface area contributed by atoms with Crippen LogP contribution in [0.4, 0.5) is 0 Å². The van der Waals surface area contributed by atoms with E-state index in [1.54, 1.807) is 11.9 Å². The molecule has 1 saturated carbocycles. The van der Waals surface area contributed by atoms with Crippen LogP contribution in [0, 0.1) is 11.8 Å². The lowest BCUT2D eigenvalue weighted by Crippen LogP contribution is -2.46. The third-order valence-electron chi connectivity index (χ3n) is 4.32. The Morgan fingerprint density at radius 1 is 1.42 bits per heavy atom. The van der Waals surface area contributed by atoms with E-state index < -0.39 is 0 Å². The van der Waals surface area contributed by atoms with Crippen molar-refractivity contribution in [1.82, 2.24) is 10.2 Å². The fraction of sp³-hybridized carbons (Fsp3) is 0.846. The first-order valence-corrected chi connectivity index (χ1v) is 6.86. The molecule has 1 aliphatic carbocycles. The van der Waals surface area contributed by atoms with Crippen molar-refractivity contribution in [2.45, 2.75) is 38.1 Å². The number of halogens is 1. The van der Waals surface area contributed by atoms with Crippen LogP contribution in [0.1, 0.15) is 32.1 Å². The van der Waals surface area contributed by atoms with E-state index in [1.807, 2.05) is 0 Å². The van der Waals surface area contributed by atoms with Crippen LogP contribution < -0.4 is 11.1 Å². The number of hydrogen-bond donors (Lipinski definition) is 2. The number of nitrogens with one attached hydrogen (secondary N) is 1. The minimum atomic E-state index is -0.146. The summed E-state index contributed by atoms with van der Waals surface area (Å²) in [5.41, 5.74) is 5.71. The van der Waals surface area contributed by atoms with Crippen molar-refractivity contribution in [1.29, 1.82) is 0 Å². The second-order valence-corrected chi connectivity index (χ2v) is 5.55. The standard InChI is InChI=1S/C13H23N3O2.ClH/c1-16-6-5-9(7-12(16)17)13(18)15-11-4-2-3-10(11)8-14;/h9-11H,2-8,14H2,1H3,(H,15,18);1H. The molecule has 0 bridgehead atoms. The molecule has 5 nitrogen and oxygen atoms in total. The fourth-order valence-corrected chi connectivity index (χ4v) is 2.98. The van der Waals surface area contributed by atoms with Crippen molar-refractivity contribution in [3.8, 4) is 0 Å². The zero-order chi connectivity index (χ0) is 13.1. The average Bonchev–Trinajstić information content (AvgIpc) is 2.79. The molecule has 3 N–H and O–H groups in total. The number of likely N-dealkylation sites (tertiary alicyclic amines) is 1. The van der Waals surface area contributed by atoms with Gasteiger partial charge in [0.25, 0.3) is 0 Å². The lowest BCUT2D eigenvalue weighted by Gasteiger charge is -2.29. The number of piperidine rings is 1. The van der Waals surface area contributed by atoms with Crippen molar-refractivity contribution in [2.24, 2.45) is 17.6 Å². The van der Waals surface area contributed by atoms with Gasteiger partial charge in [0.05, 0.1) is 0 Å². The SMILES string of the molecule is CN1CCC(C(=O)NC2CCCC2CN)CC1=O.Cl. The summed E-state index contributed by atoms with van der Waals surface area (Å²) in [6.45, 7) is 1.32. The zero-order valence-corrected chi connectivity index (χ0v) is 12.2. The van der Waals surface area contributed by atoms with Gasteiger partial charge in [-0.25, -0.2) is 0 Å². The van der Waals surface area contributed by atoms with Crippen LogP contribution in [-0.2, 0) is 9.59 Å². The Labute approximate surface area is 120 Å². The summed E-state index contributed by atoms with van der Waals surface area (Å²) in [6, 6.07) is 0.220. The summed E-state index contributed by atoms with van der Waals surface area (Å²) in [4.78, 5) is 25.4. The molecular weight excluding hydrogens is 266 g/mol. The molecule has 2 fully saturated rings. The summed E-state index contributed by atoms with van der Waals surface area (Å²) in [6.07, 6.45) is 4.39. The molecule has 3 atom stereocenters. The van der Waals surface area contributed by atoms with Gasteiger partial charge in [-0.05, 0) is 31.7 Å². The number of amides is 2. The highest BCUT2D eigenvalue weighted by atomic mass is 35.5. The molecule has 1 aliphatic heterocycles. The summed E-state index contributed by atoms with van der Waals surface area (Å²) in [5, 5.41) is 3.10. The third-order valence-corrected chi connectivity index (χ3v) is 4.32. The molecule has 19 heavy (non-hydrogen) atoms. The smallest absolute Gasteiger partial charge is 0.223 e. The average molecular weight is 290 g/mol. The first kappa shape index (κ1) is 16.2. The van der Waals surface area contributed by atoms with E-state index in [2.05, 4.69) is 5.32 Å². The van der Waals surface area contributed by atoms with E-state index in [0.717, 1.165) is 25.7 Å². The number of carbonyl (C=O) groups excluding carboxylic acids is 2. The predicted molar refractivity (Wildman–Crippen MR) is 75.9 cm³/mol. The molecule has 0 aromatic carbocycles. The van der Waals surface area contributed by atoms with Gasteiger partial charge in [0.1, 0.15) is 0 Å². The van der Waals surface area contributed by atoms with Gasteiger partial charge in [0.15, 0.2) is 0 Å². The lowest BCUT2D eigenvalue weighted by atomic mass is 9.94. The van der Waals surface area contributed by atoms with Crippen molar-refractivity contribution < 1.29 is 9.59 Å². The molecule has 0 spiro atoms. The molecule has 2 amide bonds. The number of rotatable bonds is 3. The zero-order valence-electron chi connectivity index (χ0n) is 11.4. The maximum absolute atomic E-state index is 12.1. The second kappa shape index (κ2) is 7.10. The molecule has 6 heteroatoms. The molecule has 2 rings (SSSR count). The molecule has 0 aromatic rings. The Morgan fingerprint density at radius 3 is 2.79 bits per heavy atom. The van der Waals surface area contributed by atoms with Crippen LogP contribution in [0.15, 0.2) is 0 Å². The normalized spacial score (nSPS) is 30.9. The number of carbonyl (C=O) groups is 2. The van der Waals surface area contributed by atoms with Crippen LogP contribution in [0.3, 0.4) is 0 Å². The largest absolute Gasteiger partial charge is 0.353 e. The molecular formula is C13H24ClN3O2. The molecule has 3 unspecified atom stereocenters. The fourth-order valence-electron chi connectivity index (χ4n) is 2.98. The van der Waals surface area contributed by atoms with Crippen LogP contribution >= 0.6 is 12.4 Å². The molecule has 2 aliphatic rings. The van der Waals surface area contributed by atoms with E-state index in [0.29, 0.717) is 25.4 Å². The van der Waals surface area contributed by atoms with Gasteiger partial charge in [-0.1, -0.05) is 6.42 Å². The van der Waals surface area contributed by atoms with Gasteiger partial charge in [-0.2, -0.15) is 0 Å². The number of nitrogens with two attached hydrogens (primary N) is 1. The first-order chi connectivity index (χ1) is 8.61. The summed E-state index contributed by atoms with van der Waals surface area (Å²) in [5.74, 6) is 0.383. The van der Waals surface area contributed by atoms with Crippen molar-refractivity contribution in [3.63, 3.8) is 0 Å². The van der Waals surface area contributed by atoms with E-state index in [1.165, 1.54) is 0 Å². The van der Waals surface area contributed by atoms with Crippen molar-refractivity contribution in [3.05, 3.63) is 0 Å². The van der Waals surface area contributed by atoms with Crippen molar-refractivity contribution >= 4 is 24.2 Å². The van der Waals surface area contributed by atoms with Gasteiger partial charge in [0, 0.05) is 32.0 Å². The molecule has 1 saturated heterocycles. The first-order valence-electron chi connectivity index (χ1n) is 6.86. The highest BCUT2D eigenvalue weighted by Crippen LogP contribution is 2.26. The highest BCUT2D eigenvalue weighted by Gasteiger charge is 2.32.